The van der Waals surface area contributed by atoms with Crippen molar-refractivity contribution in [3.05, 3.63) is 65.7 Å². The number of halogens is 1. The first-order valence-electron chi connectivity index (χ1n) is 6.86. The molecule has 0 aliphatic carbocycles. The van der Waals surface area contributed by atoms with Crippen LogP contribution in [0.25, 0.3) is 0 Å². The second-order valence-corrected chi connectivity index (χ2v) is 5.43. The Morgan fingerprint density at radius 3 is 2.36 bits per heavy atom. The van der Waals surface area contributed by atoms with Gasteiger partial charge in [-0.05, 0) is 17.7 Å². The van der Waals surface area contributed by atoms with Crippen molar-refractivity contribution in [2.75, 3.05) is 17.7 Å². The van der Waals surface area contributed by atoms with Gasteiger partial charge in [-0.2, -0.15) is 0 Å². The summed E-state index contributed by atoms with van der Waals surface area (Å²) >= 11 is 3.10. The number of rotatable bonds is 5. The van der Waals surface area contributed by atoms with Crippen LogP contribution in [0.15, 0.2) is 54.6 Å². The monoisotopic (exact) mass is 360 g/mol. The molecule has 2 amide bonds. The normalized spacial score (nSPS) is 10.1. The standard InChI is InChI=1S/C17H17BrN2O2/c1-20(12-13-7-3-2-4-8-13)17(22)14-9-5-6-10-15(14)19-16(21)11-18/h2-10H,11-12H2,1H3,(H,19,21). The maximum Gasteiger partial charge on any atom is 0.256 e. The fraction of sp³-hybridized carbons (Fsp3) is 0.176. The van der Waals surface area contributed by atoms with Gasteiger partial charge in [0.05, 0.1) is 16.6 Å². The number of nitrogens with zero attached hydrogens (tertiary/aromatic N) is 1. The van der Waals surface area contributed by atoms with Crippen LogP contribution in [0.2, 0.25) is 0 Å². The number of hydrogen-bond donors (Lipinski definition) is 1. The topological polar surface area (TPSA) is 49.4 Å². The van der Waals surface area contributed by atoms with Gasteiger partial charge in [-0.25, -0.2) is 0 Å². The lowest BCUT2D eigenvalue weighted by molar-refractivity contribution is -0.113. The molecule has 1 N–H and O–H groups in total. The van der Waals surface area contributed by atoms with E-state index in [1.54, 1.807) is 36.2 Å². The SMILES string of the molecule is CN(Cc1ccccc1)C(=O)c1ccccc1NC(=O)CBr. The van der Waals surface area contributed by atoms with Crippen molar-refractivity contribution < 1.29 is 9.59 Å². The van der Waals surface area contributed by atoms with E-state index in [1.165, 1.54) is 0 Å². The van der Waals surface area contributed by atoms with Crippen LogP contribution in [-0.4, -0.2) is 29.1 Å². The molecule has 0 bridgehead atoms. The molecule has 0 saturated carbocycles. The fourth-order valence-corrected chi connectivity index (χ4v) is 2.24. The third kappa shape index (κ3) is 4.18. The molecule has 0 aliphatic rings. The molecule has 2 rings (SSSR count). The van der Waals surface area contributed by atoms with Gasteiger partial charge in [0.25, 0.3) is 5.91 Å². The Labute approximate surface area is 138 Å². The summed E-state index contributed by atoms with van der Waals surface area (Å²) < 4.78 is 0. The molecule has 22 heavy (non-hydrogen) atoms. The van der Waals surface area contributed by atoms with E-state index in [0.29, 0.717) is 17.8 Å². The van der Waals surface area contributed by atoms with Gasteiger partial charge in [-0.1, -0.05) is 58.4 Å². The Hall–Kier alpha value is -2.14. The van der Waals surface area contributed by atoms with Gasteiger partial charge in [0.1, 0.15) is 0 Å². The molecule has 4 nitrogen and oxygen atoms in total. The zero-order valence-corrected chi connectivity index (χ0v) is 13.8. The van der Waals surface area contributed by atoms with Crippen LogP contribution >= 0.6 is 15.9 Å². The molecule has 0 aromatic heterocycles. The van der Waals surface area contributed by atoms with Crippen LogP contribution in [0.4, 0.5) is 5.69 Å². The third-order valence-corrected chi connectivity index (χ3v) is 3.67. The summed E-state index contributed by atoms with van der Waals surface area (Å²) in [4.78, 5) is 25.8. The molecule has 0 spiro atoms. The molecular formula is C17H17BrN2O2. The van der Waals surface area contributed by atoms with Gasteiger partial charge < -0.3 is 10.2 Å². The molecule has 0 atom stereocenters. The van der Waals surface area contributed by atoms with E-state index in [-0.39, 0.29) is 17.1 Å². The van der Waals surface area contributed by atoms with Crippen LogP contribution < -0.4 is 5.32 Å². The Bertz CT molecular complexity index is 659. The molecule has 0 heterocycles. The van der Waals surface area contributed by atoms with Crippen LogP contribution in [0.5, 0.6) is 0 Å². The first kappa shape index (κ1) is 16.2. The molecule has 5 heteroatoms. The van der Waals surface area contributed by atoms with Crippen molar-refractivity contribution in [2.24, 2.45) is 0 Å². The smallest absolute Gasteiger partial charge is 0.256 e. The van der Waals surface area contributed by atoms with Crippen LogP contribution in [0.1, 0.15) is 15.9 Å². The molecule has 0 radical (unpaired) electrons. The largest absolute Gasteiger partial charge is 0.337 e. The average Bonchev–Trinajstić information content (AvgIpc) is 2.55. The highest BCUT2D eigenvalue weighted by Gasteiger charge is 2.16. The van der Waals surface area contributed by atoms with Crippen molar-refractivity contribution in [1.29, 1.82) is 0 Å². The Morgan fingerprint density at radius 2 is 1.68 bits per heavy atom. The van der Waals surface area contributed by atoms with Crippen molar-refractivity contribution >= 4 is 33.4 Å². The van der Waals surface area contributed by atoms with E-state index in [2.05, 4.69) is 21.2 Å². The van der Waals surface area contributed by atoms with Crippen LogP contribution in [0.3, 0.4) is 0 Å². The van der Waals surface area contributed by atoms with E-state index in [1.807, 2.05) is 30.3 Å². The number of anilines is 1. The molecule has 2 aromatic carbocycles. The number of hydrogen-bond acceptors (Lipinski definition) is 2. The quantitative estimate of drug-likeness (QED) is 0.831. The van der Waals surface area contributed by atoms with Crippen molar-refractivity contribution in [2.45, 2.75) is 6.54 Å². The van der Waals surface area contributed by atoms with Gasteiger partial charge >= 0.3 is 0 Å². The molecular weight excluding hydrogens is 344 g/mol. The van der Waals surface area contributed by atoms with Crippen molar-refractivity contribution in [3.8, 4) is 0 Å². The van der Waals surface area contributed by atoms with Crippen LogP contribution in [0, 0.1) is 0 Å². The fourth-order valence-electron chi connectivity index (χ4n) is 2.10. The highest BCUT2D eigenvalue weighted by Crippen LogP contribution is 2.18. The molecule has 0 fully saturated rings. The minimum absolute atomic E-state index is 0.130. The Morgan fingerprint density at radius 1 is 1.05 bits per heavy atom. The minimum Gasteiger partial charge on any atom is -0.337 e. The van der Waals surface area contributed by atoms with E-state index in [0.717, 1.165) is 5.56 Å². The predicted molar refractivity (Wildman–Crippen MR) is 91.1 cm³/mol. The number of nitrogens with one attached hydrogen (secondary N) is 1. The van der Waals surface area contributed by atoms with Gasteiger partial charge in [-0.3, -0.25) is 9.59 Å². The third-order valence-electron chi connectivity index (χ3n) is 3.16. The number of para-hydroxylation sites is 1. The number of carbonyl (C=O) groups excluding carboxylic acids is 2. The average molecular weight is 361 g/mol. The second-order valence-electron chi connectivity index (χ2n) is 4.87. The minimum atomic E-state index is -0.189. The molecule has 0 aliphatic heterocycles. The first-order valence-corrected chi connectivity index (χ1v) is 7.98. The summed E-state index contributed by atoms with van der Waals surface area (Å²) in [6.07, 6.45) is 0. The van der Waals surface area contributed by atoms with Gasteiger partial charge in [0.15, 0.2) is 0 Å². The predicted octanol–water partition coefficient (Wildman–Crippen LogP) is 3.29. The van der Waals surface area contributed by atoms with E-state index >= 15 is 0 Å². The Kier molecular flexibility index (Phi) is 5.72. The zero-order valence-electron chi connectivity index (χ0n) is 12.3. The van der Waals surface area contributed by atoms with E-state index in [4.69, 9.17) is 0 Å². The maximum atomic E-state index is 12.6. The van der Waals surface area contributed by atoms with Crippen molar-refractivity contribution in [1.82, 2.24) is 4.90 Å². The number of carbonyl (C=O) groups is 2. The van der Waals surface area contributed by atoms with Gasteiger partial charge in [-0.15, -0.1) is 0 Å². The zero-order chi connectivity index (χ0) is 15.9. The molecule has 2 aromatic rings. The van der Waals surface area contributed by atoms with E-state index in [9.17, 15) is 9.59 Å². The molecule has 0 saturated heterocycles. The summed E-state index contributed by atoms with van der Waals surface area (Å²) in [5, 5.41) is 2.92. The number of amides is 2. The van der Waals surface area contributed by atoms with Crippen LogP contribution in [-0.2, 0) is 11.3 Å². The first-order chi connectivity index (χ1) is 10.6. The lowest BCUT2D eigenvalue weighted by atomic mass is 10.1. The summed E-state index contributed by atoms with van der Waals surface area (Å²) in [7, 11) is 1.75. The second kappa shape index (κ2) is 7.75. The molecule has 0 unspecified atom stereocenters. The lowest BCUT2D eigenvalue weighted by Crippen LogP contribution is -2.27. The lowest BCUT2D eigenvalue weighted by Gasteiger charge is -2.19. The number of benzene rings is 2. The maximum absolute atomic E-state index is 12.6. The summed E-state index contributed by atoms with van der Waals surface area (Å²) in [6.45, 7) is 0.514. The molecule has 114 valence electrons. The summed E-state index contributed by atoms with van der Waals surface area (Å²) in [5.74, 6) is -0.319. The highest BCUT2D eigenvalue weighted by molar-refractivity contribution is 9.09. The van der Waals surface area contributed by atoms with Crippen molar-refractivity contribution in [3.63, 3.8) is 0 Å². The van der Waals surface area contributed by atoms with E-state index < -0.39 is 0 Å². The summed E-state index contributed by atoms with van der Waals surface area (Å²) in [5.41, 5.74) is 2.06. The number of alkyl halides is 1. The van der Waals surface area contributed by atoms with Gasteiger partial charge in [0.2, 0.25) is 5.91 Å². The van der Waals surface area contributed by atoms with Gasteiger partial charge in [0, 0.05) is 13.6 Å². The highest BCUT2D eigenvalue weighted by atomic mass is 79.9. The Balaban J connectivity index is 2.16. The summed E-state index contributed by atoms with van der Waals surface area (Å²) in [6, 6.07) is 16.8.